The maximum atomic E-state index is 10.6. The van der Waals surface area contributed by atoms with Crippen LogP contribution in [-0.4, -0.2) is 45.1 Å². The van der Waals surface area contributed by atoms with Crippen LogP contribution in [0.3, 0.4) is 0 Å². The second-order valence-corrected chi connectivity index (χ2v) is 6.26. The molecule has 0 bridgehead atoms. The minimum Gasteiger partial charge on any atom is -0.478 e. The van der Waals surface area contributed by atoms with Crippen LogP contribution < -0.4 is 5.32 Å². The Morgan fingerprint density at radius 2 is 2.20 bits per heavy atom. The Bertz CT molecular complexity index is 761. The smallest absolute Gasteiger partial charge is 0.328 e. The normalized spacial score (nSPS) is 17.9. The lowest BCUT2D eigenvalue weighted by Crippen LogP contribution is -2.26. The van der Waals surface area contributed by atoms with Gasteiger partial charge in [0.2, 0.25) is 5.95 Å². The molecule has 2 aromatic rings. The highest BCUT2D eigenvalue weighted by Gasteiger charge is 2.23. The summed E-state index contributed by atoms with van der Waals surface area (Å²) in [6, 6.07) is 10.8. The van der Waals surface area contributed by atoms with E-state index in [2.05, 4.69) is 44.5 Å². The van der Waals surface area contributed by atoms with Crippen molar-refractivity contribution in [3.05, 3.63) is 59.4 Å². The number of likely N-dealkylation sites (tertiary alicyclic amines) is 1. The summed E-state index contributed by atoms with van der Waals surface area (Å²) < 4.78 is 0. The zero-order valence-electron chi connectivity index (χ0n) is 14.2. The molecule has 0 aliphatic carbocycles. The van der Waals surface area contributed by atoms with Crippen molar-refractivity contribution in [2.75, 3.05) is 18.4 Å². The second kappa shape index (κ2) is 7.90. The van der Waals surface area contributed by atoms with Crippen molar-refractivity contribution >= 4 is 18.0 Å². The third-order valence-corrected chi connectivity index (χ3v) is 4.28. The summed E-state index contributed by atoms with van der Waals surface area (Å²) in [5, 5.41) is 12.1. The Hall–Kier alpha value is -2.73. The second-order valence-electron chi connectivity index (χ2n) is 6.26. The number of nitrogens with one attached hydrogen (secondary N) is 1. The lowest BCUT2D eigenvalue weighted by molar-refractivity contribution is -0.131. The molecule has 2 N–H and O–H groups in total. The van der Waals surface area contributed by atoms with E-state index >= 15 is 0 Å². The molecule has 2 heterocycles. The van der Waals surface area contributed by atoms with Crippen molar-refractivity contribution in [3.8, 4) is 0 Å². The summed E-state index contributed by atoms with van der Waals surface area (Å²) in [5.41, 5.74) is 2.80. The number of hydrogen-bond donors (Lipinski definition) is 2. The average Bonchev–Trinajstić information content (AvgIpc) is 3.02. The van der Waals surface area contributed by atoms with E-state index in [0.717, 1.165) is 37.8 Å². The largest absolute Gasteiger partial charge is 0.478 e. The summed E-state index contributed by atoms with van der Waals surface area (Å²) in [6.45, 7) is 4.81. The quantitative estimate of drug-likeness (QED) is 0.788. The zero-order valence-corrected chi connectivity index (χ0v) is 14.2. The predicted molar refractivity (Wildman–Crippen MR) is 97.2 cm³/mol. The molecule has 6 nitrogen and oxygen atoms in total. The minimum absolute atomic E-state index is 0.323. The van der Waals surface area contributed by atoms with Crippen LogP contribution in [0.25, 0.3) is 6.08 Å². The lowest BCUT2D eigenvalue weighted by Gasteiger charge is -2.17. The molecule has 1 unspecified atom stereocenters. The van der Waals surface area contributed by atoms with Crippen LogP contribution in [0.2, 0.25) is 0 Å². The number of anilines is 1. The molecule has 130 valence electrons. The van der Waals surface area contributed by atoms with Crippen LogP contribution in [0.4, 0.5) is 5.95 Å². The topological polar surface area (TPSA) is 78.4 Å². The van der Waals surface area contributed by atoms with Gasteiger partial charge in [-0.2, -0.15) is 0 Å². The van der Waals surface area contributed by atoms with Crippen LogP contribution in [0, 0.1) is 6.92 Å². The first-order valence-electron chi connectivity index (χ1n) is 8.37. The van der Waals surface area contributed by atoms with E-state index in [-0.39, 0.29) is 0 Å². The van der Waals surface area contributed by atoms with Crippen LogP contribution >= 0.6 is 0 Å². The lowest BCUT2D eigenvalue weighted by atomic mass is 10.2. The molecule has 1 aromatic carbocycles. The van der Waals surface area contributed by atoms with Crippen LogP contribution in [0.5, 0.6) is 0 Å². The fourth-order valence-electron chi connectivity index (χ4n) is 2.99. The predicted octanol–water partition coefficient (Wildman–Crippen LogP) is 2.57. The van der Waals surface area contributed by atoms with Crippen molar-refractivity contribution in [1.82, 2.24) is 14.9 Å². The zero-order chi connectivity index (χ0) is 17.6. The Kier molecular flexibility index (Phi) is 5.40. The van der Waals surface area contributed by atoms with Crippen LogP contribution in [-0.2, 0) is 11.3 Å². The summed E-state index contributed by atoms with van der Waals surface area (Å²) in [5.74, 6) is -0.386. The highest BCUT2D eigenvalue weighted by Crippen LogP contribution is 2.17. The summed E-state index contributed by atoms with van der Waals surface area (Å²) in [7, 11) is 0. The van der Waals surface area contributed by atoms with Gasteiger partial charge in [-0.3, -0.25) is 4.90 Å². The number of benzene rings is 1. The highest BCUT2D eigenvalue weighted by atomic mass is 16.4. The number of nitrogens with zero attached hydrogens (tertiary/aromatic N) is 3. The number of aryl methyl sites for hydroxylation is 1. The third-order valence-electron chi connectivity index (χ3n) is 4.28. The first-order chi connectivity index (χ1) is 12.1. The number of carboxylic acids is 1. The van der Waals surface area contributed by atoms with Gasteiger partial charge in [-0.1, -0.05) is 30.3 Å². The molecule has 0 saturated carbocycles. The first kappa shape index (κ1) is 17.1. The van der Waals surface area contributed by atoms with Gasteiger partial charge in [0.25, 0.3) is 0 Å². The number of hydrogen-bond acceptors (Lipinski definition) is 5. The number of aliphatic carboxylic acids is 1. The molecule has 1 atom stereocenters. The van der Waals surface area contributed by atoms with Gasteiger partial charge in [0, 0.05) is 43.5 Å². The van der Waals surface area contributed by atoms with E-state index in [4.69, 9.17) is 5.11 Å². The molecule has 1 aromatic heterocycles. The standard InChI is InChI=1S/C19H22N4O2/c1-14-16(7-8-18(24)25)11-20-19(21-14)22-17-9-10-23(13-17)12-15-5-3-2-4-6-15/h2-8,11,17H,9-10,12-13H2,1H3,(H,24,25)(H,20,21,22). The Labute approximate surface area is 147 Å². The van der Waals surface area contributed by atoms with E-state index in [9.17, 15) is 4.79 Å². The van der Waals surface area contributed by atoms with Crippen LogP contribution in [0.1, 0.15) is 23.2 Å². The van der Waals surface area contributed by atoms with Gasteiger partial charge in [0.15, 0.2) is 0 Å². The molecule has 0 amide bonds. The number of aromatic nitrogens is 2. The van der Waals surface area contributed by atoms with Crippen molar-refractivity contribution < 1.29 is 9.90 Å². The van der Waals surface area contributed by atoms with Crippen LogP contribution in [0.15, 0.2) is 42.6 Å². The molecule has 3 rings (SSSR count). The maximum absolute atomic E-state index is 10.6. The molecular weight excluding hydrogens is 316 g/mol. The maximum Gasteiger partial charge on any atom is 0.328 e. The summed E-state index contributed by atoms with van der Waals surface area (Å²) in [4.78, 5) is 21.8. The first-order valence-corrected chi connectivity index (χ1v) is 8.37. The molecule has 1 saturated heterocycles. The molecule has 25 heavy (non-hydrogen) atoms. The number of carboxylic acid groups (broad SMARTS) is 1. The van der Waals surface area contributed by atoms with Gasteiger partial charge in [-0.15, -0.1) is 0 Å². The van der Waals surface area contributed by atoms with Gasteiger partial charge in [-0.25, -0.2) is 14.8 Å². The van der Waals surface area contributed by atoms with Gasteiger partial charge < -0.3 is 10.4 Å². The minimum atomic E-state index is -0.980. The average molecular weight is 338 g/mol. The van der Waals surface area contributed by atoms with E-state index in [1.807, 2.05) is 13.0 Å². The molecule has 1 aliphatic heterocycles. The van der Waals surface area contributed by atoms with Crippen molar-refractivity contribution in [3.63, 3.8) is 0 Å². The molecular formula is C19H22N4O2. The van der Waals surface area contributed by atoms with Crippen molar-refractivity contribution in [2.45, 2.75) is 25.9 Å². The monoisotopic (exact) mass is 338 g/mol. The van der Waals surface area contributed by atoms with Crippen molar-refractivity contribution in [1.29, 1.82) is 0 Å². The highest BCUT2D eigenvalue weighted by molar-refractivity contribution is 5.85. The van der Waals surface area contributed by atoms with Gasteiger partial charge in [-0.05, 0) is 25.0 Å². The molecule has 1 aliphatic rings. The van der Waals surface area contributed by atoms with E-state index in [1.54, 1.807) is 6.20 Å². The fourth-order valence-corrected chi connectivity index (χ4v) is 2.99. The van der Waals surface area contributed by atoms with Gasteiger partial charge in [0.05, 0.1) is 5.69 Å². The fraction of sp³-hybridized carbons (Fsp3) is 0.316. The summed E-state index contributed by atoms with van der Waals surface area (Å²) in [6.07, 6.45) is 5.31. The molecule has 0 radical (unpaired) electrons. The van der Waals surface area contributed by atoms with E-state index in [1.165, 1.54) is 11.6 Å². The Balaban J connectivity index is 1.56. The van der Waals surface area contributed by atoms with E-state index in [0.29, 0.717) is 17.6 Å². The number of carbonyl (C=O) groups is 1. The molecule has 0 spiro atoms. The Morgan fingerprint density at radius 1 is 1.40 bits per heavy atom. The summed E-state index contributed by atoms with van der Waals surface area (Å²) >= 11 is 0. The van der Waals surface area contributed by atoms with Gasteiger partial charge >= 0.3 is 5.97 Å². The molecule has 6 heteroatoms. The molecule has 1 fully saturated rings. The van der Waals surface area contributed by atoms with Crippen molar-refractivity contribution in [2.24, 2.45) is 0 Å². The third kappa shape index (κ3) is 4.87. The van der Waals surface area contributed by atoms with Gasteiger partial charge in [0.1, 0.15) is 0 Å². The van der Waals surface area contributed by atoms with E-state index < -0.39 is 5.97 Å². The SMILES string of the molecule is Cc1nc(NC2CCN(Cc3ccccc3)C2)ncc1C=CC(=O)O. The number of rotatable bonds is 6. The Morgan fingerprint density at radius 3 is 2.92 bits per heavy atom.